The molecule has 1 aliphatic heterocycles. The number of alkyl halides is 6. The molecule has 1 heterocycles. The van der Waals surface area contributed by atoms with Crippen molar-refractivity contribution < 1.29 is 41.0 Å². The monoisotopic (exact) mass is 480 g/mol. The lowest BCUT2D eigenvalue weighted by atomic mass is 9.73. The SMILES string of the molecule is O=C(CC1CCC(C(=O)C2(O)CCNCC2)CC1)Nc1cc(C(F)(F)F)cc(C(F)(F)F)c1. The van der Waals surface area contributed by atoms with Crippen molar-refractivity contribution in [3.05, 3.63) is 29.3 Å². The van der Waals surface area contributed by atoms with Crippen LogP contribution in [0.25, 0.3) is 0 Å². The molecule has 1 amide bonds. The summed E-state index contributed by atoms with van der Waals surface area (Å²) in [5.74, 6) is -1.33. The molecule has 1 aliphatic carbocycles. The minimum atomic E-state index is -5.00. The second kappa shape index (κ2) is 9.61. The molecule has 2 aliphatic rings. The van der Waals surface area contributed by atoms with Gasteiger partial charge in [0.1, 0.15) is 5.60 Å². The fraction of sp³-hybridized carbons (Fsp3) is 0.636. The topological polar surface area (TPSA) is 78.4 Å². The highest BCUT2D eigenvalue weighted by Gasteiger charge is 2.42. The molecule has 0 atom stereocenters. The summed E-state index contributed by atoms with van der Waals surface area (Å²) in [6, 6.07) is 0.953. The van der Waals surface area contributed by atoms with Crippen molar-refractivity contribution >= 4 is 17.4 Å². The molecular formula is C22H26F6N2O3. The zero-order valence-electron chi connectivity index (χ0n) is 17.8. The number of benzene rings is 1. The molecule has 3 N–H and O–H groups in total. The molecule has 0 aromatic heterocycles. The second-order valence-corrected chi connectivity index (χ2v) is 8.91. The Bertz CT molecular complexity index is 838. The van der Waals surface area contributed by atoms with Crippen molar-refractivity contribution in [1.82, 2.24) is 5.32 Å². The average Bonchev–Trinajstić information content (AvgIpc) is 2.73. The van der Waals surface area contributed by atoms with Gasteiger partial charge in [-0.15, -0.1) is 0 Å². The highest BCUT2D eigenvalue weighted by molar-refractivity contribution is 5.91. The molecule has 1 saturated heterocycles. The summed E-state index contributed by atoms with van der Waals surface area (Å²) < 4.78 is 77.9. The van der Waals surface area contributed by atoms with Crippen LogP contribution in [0.15, 0.2) is 18.2 Å². The van der Waals surface area contributed by atoms with E-state index >= 15 is 0 Å². The number of anilines is 1. The van der Waals surface area contributed by atoms with Crippen molar-refractivity contribution in [3.8, 4) is 0 Å². The van der Waals surface area contributed by atoms with Gasteiger partial charge in [-0.3, -0.25) is 9.59 Å². The Morgan fingerprint density at radius 3 is 1.94 bits per heavy atom. The summed E-state index contributed by atoms with van der Waals surface area (Å²) in [4.78, 5) is 25.1. The number of aliphatic hydroxyl groups is 1. The lowest BCUT2D eigenvalue weighted by Crippen LogP contribution is -2.50. The molecule has 1 aromatic carbocycles. The molecule has 0 bridgehead atoms. The lowest BCUT2D eigenvalue weighted by molar-refractivity contribution is -0.146. The van der Waals surface area contributed by atoms with Crippen LogP contribution in [0.4, 0.5) is 32.0 Å². The van der Waals surface area contributed by atoms with Crippen LogP contribution in [0.3, 0.4) is 0 Å². The number of rotatable bonds is 5. The van der Waals surface area contributed by atoms with Crippen LogP contribution in [0.5, 0.6) is 0 Å². The third kappa shape index (κ3) is 6.47. The number of nitrogens with one attached hydrogen (secondary N) is 2. The number of carbonyl (C=O) groups excluding carboxylic acids is 2. The third-order valence-corrected chi connectivity index (χ3v) is 6.45. The van der Waals surface area contributed by atoms with Gasteiger partial charge in [0.15, 0.2) is 5.78 Å². The quantitative estimate of drug-likeness (QED) is 0.541. The number of carbonyl (C=O) groups is 2. The van der Waals surface area contributed by atoms with Crippen LogP contribution in [0.1, 0.15) is 56.1 Å². The summed E-state index contributed by atoms with van der Waals surface area (Å²) >= 11 is 0. The van der Waals surface area contributed by atoms with E-state index in [9.17, 15) is 41.0 Å². The molecule has 0 spiro atoms. The van der Waals surface area contributed by atoms with Gasteiger partial charge in [0.2, 0.25) is 5.91 Å². The molecule has 0 radical (unpaired) electrons. The van der Waals surface area contributed by atoms with Crippen LogP contribution in [0, 0.1) is 11.8 Å². The van der Waals surface area contributed by atoms with Crippen LogP contribution in [-0.4, -0.2) is 35.5 Å². The molecule has 3 rings (SSSR count). The number of hydrogen-bond donors (Lipinski definition) is 3. The minimum absolute atomic E-state index is 0.00421. The number of Topliss-reactive ketones (excluding diaryl/α,β-unsaturated/α-hetero) is 1. The zero-order chi connectivity index (χ0) is 24.4. The summed E-state index contributed by atoms with van der Waals surface area (Å²) in [6.45, 7) is 1.12. The van der Waals surface area contributed by atoms with E-state index in [1.807, 2.05) is 0 Å². The van der Waals surface area contributed by atoms with Crippen LogP contribution < -0.4 is 10.6 Å². The fourth-order valence-corrected chi connectivity index (χ4v) is 4.60. The summed E-state index contributed by atoms with van der Waals surface area (Å²) in [5.41, 5.74) is -4.90. The van der Waals surface area contributed by atoms with E-state index in [-0.39, 0.29) is 30.1 Å². The number of piperidine rings is 1. The maximum Gasteiger partial charge on any atom is 0.416 e. The molecule has 0 unspecified atom stereocenters. The Kier molecular flexibility index (Phi) is 7.42. The minimum Gasteiger partial charge on any atom is -0.382 e. The van der Waals surface area contributed by atoms with E-state index in [4.69, 9.17) is 0 Å². The smallest absolute Gasteiger partial charge is 0.382 e. The Morgan fingerprint density at radius 2 is 1.45 bits per heavy atom. The van der Waals surface area contributed by atoms with Gasteiger partial charge in [-0.05, 0) is 75.7 Å². The van der Waals surface area contributed by atoms with E-state index in [2.05, 4.69) is 10.6 Å². The van der Waals surface area contributed by atoms with Gasteiger partial charge in [0.25, 0.3) is 0 Å². The van der Waals surface area contributed by atoms with Crippen molar-refractivity contribution in [2.45, 2.75) is 62.9 Å². The molecule has 1 aromatic rings. The van der Waals surface area contributed by atoms with Crippen molar-refractivity contribution in [2.75, 3.05) is 18.4 Å². The van der Waals surface area contributed by atoms with Gasteiger partial charge in [0.05, 0.1) is 11.1 Å². The average molecular weight is 480 g/mol. The number of ketones is 1. The van der Waals surface area contributed by atoms with Crippen molar-refractivity contribution in [3.63, 3.8) is 0 Å². The molecule has 184 valence electrons. The molecule has 5 nitrogen and oxygen atoms in total. The number of halogens is 6. The molecular weight excluding hydrogens is 454 g/mol. The summed E-state index contributed by atoms with van der Waals surface area (Å²) in [6.07, 6.45) is -7.39. The van der Waals surface area contributed by atoms with Gasteiger partial charge >= 0.3 is 12.4 Å². The van der Waals surface area contributed by atoms with Crippen molar-refractivity contribution in [2.24, 2.45) is 11.8 Å². The van der Waals surface area contributed by atoms with Gasteiger partial charge < -0.3 is 15.7 Å². The van der Waals surface area contributed by atoms with Gasteiger partial charge in [-0.1, -0.05) is 0 Å². The van der Waals surface area contributed by atoms with Gasteiger partial charge in [-0.2, -0.15) is 26.3 Å². The highest BCUT2D eigenvalue weighted by Crippen LogP contribution is 2.38. The maximum atomic E-state index is 13.0. The first-order valence-corrected chi connectivity index (χ1v) is 10.8. The van der Waals surface area contributed by atoms with E-state index in [1.54, 1.807) is 0 Å². The standard InChI is InChI=1S/C22H26F6N2O3/c23-21(24,25)15-10-16(22(26,27)28)12-17(11-15)30-18(31)9-13-1-3-14(4-2-13)19(32)20(33)5-7-29-8-6-20/h10-14,29,33H,1-9H2,(H,30,31). The molecule has 1 saturated carbocycles. The Hall–Kier alpha value is -2.14. The summed E-state index contributed by atoms with van der Waals surface area (Å²) in [5, 5.41) is 15.9. The van der Waals surface area contributed by atoms with E-state index in [0.29, 0.717) is 63.7 Å². The predicted octanol–water partition coefficient (Wildman–Crippen LogP) is 4.54. The second-order valence-electron chi connectivity index (χ2n) is 8.91. The highest BCUT2D eigenvalue weighted by atomic mass is 19.4. The summed E-state index contributed by atoms with van der Waals surface area (Å²) in [7, 11) is 0. The van der Waals surface area contributed by atoms with Crippen LogP contribution in [-0.2, 0) is 21.9 Å². The van der Waals surface area contributed by atoms with Crippen molar-refractivity contribution in [1.29, 1.82) is 0 Å². The number of hydrogen-bond acceptors (Lipinski definition) is 4. The fourth-order valence-electron chi connectivity index (χ4n) is 4.60. The first-order chi connectivity index (χ1) is 15.3. The molecule has 2 fully saturated rings. The first kappa shape index (κ1) is 25.5. The molecule has 33 heavy (non-hydrogen) atoms. The Labute approximate surface area is 186 Å². The van der Waals surface area contributed by atoms with Crippen LogP contribution >= 0.6 is 0 Å². The van der Waals surface area contributed by atoms with E-state index in [0.717, 1.165) is 0 Å². The van der Waals surface area contributed by atoms with Gasteiger partial charge in [0, 0.05) is 18.0 Å². The predicted molar refractivity (Wildman–Crippen MR) is 107 cm³/mol. The largest absolute Gasteiger partial charge is 0.416 e. The Morgan fingerprint density at radius 1 is 0.939 bits per heavy atom. The van der Waals surface area contributed by atoms with Gasteiger partial charge in [-0.25, -0.2) is 0 Å². The number of amides is 1. The van der Waals surface area contributed by atoms with Crippen LogP contribution in [0.2, 0.25) is 0 Å². The third-order valence-electron chi connectivity index (χ3n) is 6.45. The van der Waals surface area contributed by atoms with E-state index in [1.165, 1.54) is 0 Å². The normalized spacial score (nSPS) is 23.7. The zero-order valence-corrected chi connectivity index (χ0v) is 17.8. The van der Waals surface area contributed by atoms with E-state index < -0.39 is 40.7 Å². The molecule has 11 heteroatoms. The first-order valence-electron chi connectivity index (χ1n) is 10.8. The Balaban J connectivity index is 1.58. The lowest BCUT2D eigenvalue weighted by Gasteiger charge is -2.36. The maximum absolute atomic E-state index is 13.0.